The van der Waals surface area contributed by atoms with Gasteiger partial charge in [0.2, 0.25) is 0 Å². The summed E-state index contributed by atoms with van der Waals surface area (Å²) < 4.78 is 21.2. The van der Waals surface area contributed by atoms with Crippen molar-refractivity contribution in [1.82, 2.24) is 0 Å². The van der Waals surface area contributed by atoms with Gasteiger partial charge in [0.15, 0.2) is 0 Å². The molecular formula is CaO7P2Ti+2. The molecule has 0 fully saturated rings. The van der Waals surface area contributed by atoms with E-state index in [9.17, 15) is 28.7 Å². The average Bonchev–Trinajstić information content (AvgIpc) is 1.14. The zero-order valence-electron chi connectivity index (χ0n) is 4.96. The van der Waals surface area contributed by atoms with E-state index in [2.05, 4.69) is 4.31 Å². The predicted octanol–water partition coefficient (Wildman–Crippen LogP) is -3.72. The Bertz CT molecular complexity index is 157. The maximum atomic E-state index is 9.32. The topological polar surface area (TPSA) is 136 Å². The maximum absolute atomic E-state index is 9.32. The number of rotatable bonds is 2. The zero-order chi connectivity index (χ0) is 7.71. The van der Waals surface area contributed by atoms with Crippen LogP contribution in [0.15, 0.2) is 0 Å². The number of hydrogen-bond acceptors (Lipinski definition) is 7. The third-order valence-corrected chi connectivity index (χ3v) is 1.80. The van der Waals surface area contributed by atoms with Crippen LogP contribution in [0.4, 0.5) is 0 Å². The minimum Gasteiger partial charge on any atom is -0.790 e. The van der Waals surface area contributed by atoms with Gasteiger partial charge in [-0.05, 0) is 0 Å². The molecule has 0 N–H and O–H groups in total. The Balaban J connectivity index is -0.000000320. The van der Waals surface area contributed by atoms with Crippen molar-refractivity contribution in [3.63, 3.8) is 0 Å². The molecule has 0 saturated heterocycles. The fraction of sp³-hybridized carbons (Fsp3) is 0. The van der Waals surface area contributed by atoms with Gasteiger partial charge in [-0.1, -0.05) is 0 Å². The first-order chi connectivity index (χ1) is 3.71. The van der Waals surface area contributed by atoms with E-state index < -0.39 is 15.6 Å². The molecule has 0 spiro atoms. The standard InChI is InChI=1S/Ca.H4O7P2.Ti/c;1-8(2,3)7-9(4,5)6;/h;(H2,1,2,3)(H2,4,5,6);/q+2;;+4/p-4. The van der Waals surface area contributed by atoms with Crippen molar-refractivity contribution >= 4 is 53.4 Å². The molecule has 0 bridgehead atoms. The summed E-state index contributed by atoms with van der Waals surface area (Å²) in [7, 11) is -11.4. The molecule has 0 saturated carbocycles. The molecule has 0 aliphatic carbocycles. The van der Waals surface area contributed by atoms with E-state index in [0.29, 0.717) is 0 Å². The number of hydrogen-bond donors (Lipinski definition) is 0. The molecule has 0 unspecified atom stereocenters. The van der Waals surface area contributed by atoms with E-state index in [-0.39, 0.29) is 59.5 Å². The second-order valence-electron chi connectivity index (χ2n) is 0.976. The van der Waals surface area contributed by atoms with Crippen molar-refractivity contribution in [2.24, 2.45) is 0 Å². The minimum absolute atomic E-state index is 0. The zero-order valence-corrected chi connectivity index (χ0v) is 10.5. The monoisotopic (exact) mass is 262 g/mol. The van der Waals surface area contributed by atoms with Crippen LogP contribution in [0.2, 0.25) is 0 Å². The second kappa shape index (κ2) is 6.65. The van der Waals surface area contributed by atoms with Crippen LogP contribution in [-0.4, -0.2) is 37.7 Å². The smallest absolute Gasteiger partial charge is 0.790 e. The van der Waals surface area contributed by atoms with Crippen LogP contribution in [-0.2, 0) is 35.2 Å². The summed E-state index contributed by atoms with van der Waals surface area (Å²) in [5, 5.41) is 0. The first-order valence-electron chi connectivity index (χ1n) is 1.46. The quantitative estimate of drug-likeness (QED) is 0.368. The van der Waals surface area contributed by atoms with Crippen LogP contribution in [0.3, 0.4) is 0 Å². The van der Waals surface area contributed by atoms with Gasteiger partial charge >= 0.3 is 59.5 Å². The van der Waals surface area contributed by atoms with Gasteiger partial charge in [-0.15, -0.1) is 0 Å². The Labute approximate surface area is 107 Å². The molecule has 0 amide bonds. The van der Waals surface area contributed by atoms with Crippen LogP contribution >= 0.6 is 15.6 Å². The van der Waals surface area contributed by atoms with Gasteiger partial charge in [0.1, 0.15) is 0 Å². The van der Waals surface area contributed by atoms with E-state index >= 15 is 0 Å². The van der Waals surface area contributed by atoms with Crippen LogP contribution in [0, 0.1) is 0 Å². The van der Waals surface area contributed by atoms with Gasteiger partial charge in [0, 0.05) is 0 Å². The number of phosphoric acid groups is 2. The summed E-state index contributed by atoms with van der Waals surface area (Å²) in [6, 6.07) is 0. The summed E-state index contributed by atoms with van der Waals surface area (Å²) in [5.74, 6) is 0. The molecular weight excluding hydrogens is 262 g/mol. The summed E-state index contributed by atoms with van der Waals surface area (Å²) in [4.78, 5) is 37.3. The van der Waals surface area contributed by atoms with E-state index in [1.54, 1.807) is 0 Å². The Kier molecular flexibility index (Phi) is 11.4. The molecule has 0 rings (SSSR count). The van der Waals surface area contributed by atoms with Gasteiger partial charge in [-0.2, -0.15) is 0 Å². The third-order valence-electron chi connectivity index (χ3n) is 0.200. The van der Waals surface area contributed by atoms with Gasteiger partial charge in [-0.3, -0.25) is 0 Å². The van der Waals surface area contributed by atoms with E-state index in [4.69, 9.17) is 0 Å². The van der Waals surface area contributed by atoms with Crippen molar-refractivity contribution in [2.45, 2.75) is 0 Å². The fourth-order valence-corrected chi connectivity index (χ4v) is 1.10. The molecule has 0 aliphatic heterocycles. The maximum Gasteiger partial charge on any atom is 4.00 e. The Morgan fingerprint density at radius 3 is 1.09 bits per heavy atom. The molecule has 0 aromatic carbocycles. The first-order valence-corrected chi connectivity index (χ1v) is 4.38. The summed E-state index contributed by atoms with van der Waals surface area (Å²) >= 11 is 0. The molecule has 0 atom stereocenters. The second-order valence-corrected chi connectivity index (χ2v) is 3.42. The largest absolute Gasteiger partial charge is 4.00 e. The Hall–Kier alpha value is 2.23. The van der Waals surface area contributed by atoms with Crippen molar-refractivity contribution in [1.29, 1.82) is 0 Å². The predicted molar refractivity (Wildman–Crippen MR) is 22.1 cm³/mol. The van der Waals surface area contributed by atoms with Crippen molar-refractivity contribution in [3.8, 4) is 0 Å². The third kappa shape index (κ3) is 18.9. The van der Waals surface area contributed by atoms with Gasteiger partial charge < -0.3 is 33.0 Å². The molecule has 56 valence electrons. The summed E-state index contributed by atoms with van der Waals surface area (Å²) in [5.41, 5.74) is 0. The Morgan fingerprint density at radius 2 is 1.09 bits per heavy atom. The van der Waals surface area contributed by atoms with Gasteiger partial charge in [0.05, 0.1) is 15.6 Å². The fourth-order valence-electron chi connectivity index (χ4n) is 0.122. The molecule has 11 heavy (non-hydrogen) atoms. The van der Waals surface area contributed by atoms with Crippen LogP contribution in [0.25, 0.3) is 0 Å². The summed E-state index contributed by atoms with van der Waals surface area (Å²) in [6.07, 6.45) is 0. The van der Waals surface area contributed by atoms with E-state index in [1.165, 1.54) is 0 Å². The molecule has 0 aromatic heterocycles. The molecule has 11 heteroatoms. The van der Waals surface area contributed by atoms with Gasteiger partial charge in [-0.25, -0.2) is 0 Å². The molecule has 0 aliphatic rings. The minimum atomic E-state index is -5.68. The van der Waals surface area contributed by atoms with Crippen molar-refractivity contribution < 1.29 is 54.7 Å². The van der Waals surface area contributed by atoms with E-state index in [1.807, 2.05) is 0 Å². The van der Waals surface area contributed by atoms with E-state index in [0.717, 1.165) is 0 Å². The molecule has 0 heterocycles. The van der Waals surface area contributed by atoms with Crippen LogP contribution in [0.5, 0.6) is 0 Å². The first kappa shape index (κ1) is 18.9. The van der Waals surface area contributed by atoms with Gasteiger partial charge in [0.25, 0.3) is 0 Å². The SMILES string of the molecule is O=P([O-])([O-])OP(=O)([O-])[O-].[Ca+2].[Ti+4]. The Morgan fingerprint density at radius 1 is 0.909 bits per heavy atom. The molecule has 0 aromatic rings. The molecule has 7 nitrogen and oxygen atoms in total. The van der Waals surface area contributed by atoms with Crippen molar-refractivity contribution in [3.05, 3.63) is 0 Å². The average molecular weight is 262 g/mol. The normalized spacial score (nSPS) is 11.3. The van der Waals surface area contributed by atoms with Crippen LogP contribution < -0.4 is 19.6 Å². The summed E-state index contributed by atoms with van der Waals surface area (Å²) in [6.45, 7) is 0. The van der Waals surface area contributed by atoms with Crippen molar-refractivity contribution in [2.75, 3.05) is 0 Å². The molecule has 0 radical (unpaired) electrons. The van der Waals surface area contributed by atoms with Crippen LogP contribution in [0.1, 0.15) is 0 Å².